The topological polar surface area (TPSA) is 127 Å². The van der Waals surface area contributed by atoms with Crippen molar-refractivity contribution in [2.75, 3.05) is 19.8 Å². The fraction of sp³-hybridized carbons (Fsp3) is 0.227. The van der Waals surface area contributed by atoms with Crippen LogP contribution in [0.25, 0.3) is 6.08 Å². The van der Waals surface area contributed by atoms with E-state index in [2.05, 4.69) is 20.9 Å². The van der Waals surface area contributed by atoms with Crippen molar-refractivity contribution >= 4 is 57.1 Å². The van der Waals surface area contributed by atoms with Crippen LogP contribution in [-0.4, -0.2) is 42.6 Å². The highest BCUT2D eigenvalue weighted by Crippen LogP contribution is 2.38. The first-order valence-electron chi connectivity index (χ1n) is 9.95. The number of aliphatic imine (C=N–C) groups is 1. The second-order valence-corrected chi connectivity index (χ2v) is 7.88. The highest BCUT2D eigenvalue weighted by molar-refractivity contribution is 9.10. The van der Waals surface area contributed by atoms with E-state index in [9.17, 15) is 19.7 Å². The van der Waals surface area contributed by atoms with Crippen LogP contribution in [0.1, 0.15) is 25.0 Å². The second kappa shape index (κ2) is 11.1. The maximum Gasteiger partial charge on any atom is 0.363 e. The minimum absolute atomic E-state index is 0.0149. The van der Waals surface area contributed by atoms with Crippen molar-refractivity contribution in [1.29, 1.82) is 0 Å². The number of nitro benzene ring substituents is 1. The minimum Gasteiger partial charge on any atom is -0.490 e. The fourth-order valence-electron chi connectivity index (χ4n) is 2.88. The molecule has 0 aromatic heterocycles. The third kappa shape index (κ3) is 5.91. The van der Waals surface area contributed by atoms with Gasteiger partial charge in [0.05, 0.1) is 33.2 Å². The number of non-ortho nitro benzene ring substituents is 1. The lowest BCUT2D eigenvalue weighted by atomic mass is 10.1. The van der Waals surface area contributed by atoms with Crippen molar-refractivity contribution in [3.63, 3.8) is 0 Å². The molecule has 0 fully saturated rings. The number of ether oxygens (including phenoxy) is 4. The van der Waals surface area contributed by atoms with Crippen molar-refractivity contribution in [1.82, 2.24) is 0 Å². The molecule has 2 aromatic rings. The Morgan fingerprint density at radius 1 is 1.24 bits per heavy atom. The Kier molecular flexibility index (Phi) is 8.24. The number of nitro groups is 1. The zero-order valence-electron chi connectivity index (χ0n) is 18.0. The third-order valence-corrected chi connectivity index (χ3v) is 5.19. The van der Waals surface area contributed by atoms with Crippen LogP contribution in [0.15, 0.2) is 45.5 Å². The highest BCUT2D eigenvalue weighted by atomic mass is 79.9. The molecule has 3 rings (SSSR count). The van der Waals surface area contributed by atoms with Gasteiger partial charge >= 0.3 is 11.9 Å². The van der Waals surface area contributed by atoms with Gasteiger partial charge in [-0.05, 0) is 59.6 Å². The van der Waals surface area contributed by atoms with E-state index in [1.165, 1.54) is 18.2 Å². The number of cyclic esters (lactones) is 1. The van der Waals surface area contributed by atoms with Crippen molar-refractivity contribution in [3.05, 3.63) is 66.8 Å². The summed E-state index contributed by atoms with van der Waals surface area (Å²) in [5.41, 5.74) is 0.556. The van der Waals surface area contributed by atoms with Crippen molar-refractivity contribution in [3.8, 4) is 11.5 Å². The number of rotatable bonds is 9. The summed E-state index contributed by atoms with van der Waals surface area (Å²) in [7, 11) is 0. The Bertz CT molecular complexity index is 1210. The van der Waals surface area contributed by atoms with Crippen molar-refractivity contribution in [2.45, 2.75) is 13.8 Å². The SMILES string of the molecule is CCOC(=O)COc1c(Br)cc(/C=C2\N=C(c3ccc([N+](=O)[O-])cc3Cl)OC2=O)cc1OCC. The molecule has 0 atom stereocenters. The Morgan fingerprint density at radius 3 is 2.65 bits per heavy atom. The number of hydrogen-bond acceptors (Lipinski definition) is 9. The molecular weight excluding hydrogens is 536 g/mol. The summed E-state index contributed by atoms with van der Waals surface area (Å²) in [6.07, 6.45) is 1.47. The molecule has 0 unspecified atom stereocenters. The van der Waals surface area contributed by atoms with E-state index in [4.69, 9.17) is 30.5 Å². The summed E-state index contributed by atoms with van der Waals surface area (Å²) in [6.45, 7) is 3.73. The largest absolute Gasteiger partial charge is 0.490 e. The van der Waals surface area contributed by atoms with E-state index in [1.54, 1.807) is 26.0 Å². The molecule has 0 bridgehead atoms. The van der Waals surface area contributed by atoms with Crippen LogP contribution in [0.4, 0.5) is 5.69 Å². The second-order valence-electron chi connectivity index (χ2n) is 6.61. The Labute approximate surface area is 207 Å². The molecule has 1 aliphatic heterocycles. The minimum atomic E-state index is -0.721. The summed E-state index contributed by atoms with van der Waals surface area (Å²) >= 11 is 9.50. The lowest BCUT2D eigenvalue weighted by Crippen LogP contribution is -2.15. The van der Waals surface area contributed by atoms with Gasteiger partial charge in [-0.1, -0.05) is 11.6 Å². The maximum atomic E-state index is 12.4. The van der Waals surface area contributed by atoms with Gasteiger partial charge in [-0.25, -0.2) is 14.6 Å². The molecule has 0 aliphatic carbocycles. The predicted octanol–water partition coefficient (Wildman–Crippen LogP) is 4.70. The fourth-order valence-corrected chi connectivity index (χ4v) is 3.71. The van der Waals surface area contributed by atoms with Gasteiger partial charge in [0.1, 0.15) is 0 Å². The molecule has 178 valence electrons. The van der Waals surface area contributed by atoms with Crippen molar-refractivity contribution in [2.24, 2.45) is 4.99 Å². The zero-order valence-corrected chi connectivity index (χ0v) is 20.3. The van der Waals surface area contributed by atoms with E-state index in [0.717, 1.165) is 6.07 Å². The van der Waals surface area contributed by atoms with Crippen LogP contribution in [0, 0.1) is 10.1 Å². The van der Waals surface area contributed by atoms with E-state index in [1.807, 2.05) is 0 Å². The molecule has 0 radical (unpaired) electrons. The summed E-state index contributed by atoms with van der Waals surface area (Å²) in [5.74, 6) is -0.686. The first kappa shape index (κ1) is 25.2. The van der Waals surface area contributed by atoms with Gasteiger partial charge in [0.2, 0.25) is 5.90 Å². The van der Waals surface area contributed by atoms with Gasteiger partial charge in [0.25, 0.3) is 5.69 Å². The molecule has 1 aliphatic rings. The molecule has 0 saturated heterocycles. The van der Waals surface area contributed by atoms with E-state index in [0.29, 0.717) is 28.1 Å². The van der Waals surface area contributed by atoms with Crippen LogP contribution in [0.3, 0.4) is 0 Å². The normalized spacial score (nSPS) is 13.9. The standard InChI is InChI=1S/C22H18BrClN2O8/c1-3-31-18-9-12(7-15(23)20(18)33-11-19(27)32-4-2)8-17-22(28)34-21(25-17)14-6-5-13(26(29)30)10-16(14)24/h5-10H,3-4,11H2,1-2H3/b17-8-. The predicted molar refractivity (Wildman–Crippen MR) is 126 cm³/mol. The number of carbonyl (C=O) groups excluding carboxylic acids is 2. The zero-order chi connectivity index (χ0) is 24.8. The first-order chi connectivity index (χ1) is 16.2. The van der Waals surface area contributed by atoms with Crippen LogP contribution < -0.4 is 9.47 Å². The molecule has 0 saturated carbocycles. The Balaban J connectivity index is 1.91. The van der Waals surface area contributed by atoms with Crippen LogP contribution in [0.2, 0.25) is 5.02 Å². The Hall–Kier alpha value is -3.44. The molecule has 12 heteroatoms. The maximum absolute atomic E-state index is 12.4. The molecule has 1 heterocycles. The van der Waals surface area contributed by atoms with E-state index >= 15 is 0 Å². The first-order valence-corrected chi connectivity index (χ1v) is 11.1. The van der Waals surface area contributed by atoms with Gasteiger partial charge in [0.15, 0.2) is 23.8 Å². The lowest BCUT2D eigenvalue weighted by molar-refractivity contribution is -0.384. The van der Waals surface area contributed by atoms with E-state index in [-0.39, 0.29) is 41.1 Å². The van der Waals surface area contributed by atoms with Crippen LogP contribution in [-0.2, 0) is 19.1 Å². The van der Waals surface area contributed by atoms with Gasteiger partial charge in [-0.2, -0.15) is 0 Å². The number of hydrogen-bond donors (Lipinski definition) is 0. The van der Waals surface area contributed by atoms with Crippen LogP contribution >= 0.6 is 27.5 Å². The molecule has 0 N–H and O–H groups in total. The number of benzene rings is 2. The quantitative estimate of drug-likeness (QED) is 0.189. The van der Waals surface area contributed by atoms with Gasteiger partial charge in [-0.3, -0.25) is 10.1 Å². The van der Waals surface area contributed by atoms with E-state index < -0.39 is 16.9 Å². The number of carbonyl (C=O) groups is 2. The lowest BCUT2D eigenvalue weighted by Gasteiger charge is -2.14. The summed E-state index contributed by atoms with van der Waals surface area (Å²) < 4.78 is 21.7. The smallest absolute Gasteiger partial charge is 0.363 e. The van der Waals surface area contributed by atoms with Gasteiger partial charge < -0.3 is 18.9 Å². The number of esters is 2. The molecule has 10 nitrogen and oxygen atoms in total. The number of nitrogens with zero attached hydrogens (tertiary/aromatic N) is 2. The summed E-state index contributed by atoms with van der Waals surface area (Å²) in [4.78, 5) is 38.5. The van der Waals surface area contributed by atoms with Crippen molar-refractivity contribution < 1.29 is 33.5 Å². The third-order valence-electron chi connectivity index (χ3n) is 4.29. The van der Waals surface area contributed by atoms with Crippen LogP contribution in [0.5, 0.6) is 11.5 Å². The summed E-state index contributed by atoms with van der Waals surface area (Å²) in [5, 5.41) is 10.9. The molecular formula is C22H18BrClN2O8. The molecule has 2 aromatic carbocycles. The molecule has 0 amide bonds. The van der Waals surface area contributed by atoms with Gasteiger partial charge in [-0.15, -0.1) is 0 Å². The highest BCUT2D eigenvalue weighted by Gasteiger charge is 2.27. The number of halogens is 2. The summed E-state index contributed by atoms with van der Waals surface area (Å²) in [6, 6.07) is 7.00. The average molecular weight is 554 g/mol. The Morgan fingerprint density at radius 2 is 2.00 bits per heavy atom. The molecule has 0 spiro atoms. The monoisotopic (exact) mass is 552 g/mol. The van der Waals surface area contributed by atoms with Gasteiger partial charge in [0, 0.05) is 12.1 Å². The molecule has 34 heavy (non-hydrogen) atoms. The average Bonchev–Trinajstić information content (AvgIpc) is 3.13.